The van der Waals surface area contributed by atoms with Crippen LogP contribution in [-0.4, -0.2) is 30.7 Å². The molecular formula is C14H26N2O2. The summed E-state index contributed by atoms with van der Waals surface area (Å²) in [7, 11) is 0. The van der Waals surface area contributed by atoms with Crippen LogP contribution < -0.4 is 11.1 Å². The third-order valence-electron chi connectivity index (χ3n) is 4.47. The standard InChI is InChI=1S/C14H26N2O2/c1-11(12-4-8-18-9-5-12)16-13(17)10-14(15)6-2-3-7-14/h11-12H,2-10,15H2,1H3,(H,16,17). The molecule has 4 heteroatoms. The van der Waals surface area contributed by atoms with E-state index in [9.17, 15) is 4.79 Å². The zero-order chi connectivity index (χ0) is 13.0. The molecule has 1 saturated heterocycles. The van der Waals surface area contributed by atoms with Crippen LogP contribution in [0.15, 0.2) is 0 Å². The molecule has 1 saturated carbocycles. The predicted molar refractivity (Wildman–Crippen MR) is 71.2 cm³/mol. The maximum Gasteiger partial charge on any atom is 0.222 e. The lowest BCUT2D eigenvalue weighted by molar-refractivity contribution is -0.123. The molecule has 1 aliphatic carbocycles. The highest BCUT2D eigenvalue weighted by Gasteiger charge is 2.32. The summed E-state index contributed by atoms with van der Waals surface area (Å²) in [6, 6.07) is 0.242. The Hall–Kier alpha value is -0.610. The monoisotopic (exact) mass is 254 g/mol. The molecule has 1 heterocycles. The van der Waals surface area contributed by atoms with Crippen molar-refractivity contribution in [1.82, 2.24) is 5.32 Å². The van der Waals surface area contributed by atoms with Gasteiger partial charge in [-0.2, -0.15) is 0 Å². The molecule has 104 valence electrons. The maximum absolute atomic E-state index is 12.0. The van der Waals surface area contributed by atoms with E-state index in [0.717, 1.165) is 38.9 Å². The van der Waals surface area contributed by atoms with E-state index in [1.54, 1.807) is 0 Å². The summed E-state index contributed by atoms with van der Waals surface area (Å²) < 4.78 is 5.35. The van der Waals surface area contributed by atoms with Crippen LogP contribution in [0.4, 0.5) is 0 Å². The van der Waals surface area contributed by atoms with Crippen molar-refractivity contribution in [2.45, 2.75) is 63.5 Å². The average molecular weight is 254 g/mol. The predicted octanol–water partition coefficient (Wildman–Crippen LogP) is 1.58. The fourth-order valence-corrected chi connectivity index (χ4v) is 3.21. The molecule has 2 aliphatic rings. The molecule has 1 unspecified atom stereocenters. The molecule has 0 aromatic rings. The van der Waals surface area contributed by atoms with Crippen molar-refractivity contribution in [3.63, 3.8) is 0 Å². The van der Waals surface area contributed by atoms with Crippen LogP contribution in [0.2, 0.25) is 0 Å². The van der Waals surface area contributed by atoms with Gasteiger partial charge in [-0.25, -0.2) is 0 Å². The van der Waals surface area contributed by atoms with Gasteiger partial charge >= 0.3 is 0 Å². The molecule has 2 rings (SSSR count). The van der Waals surface area contributed by atoms with Crippen LogP contribution in [0, 0.1) is 5.92 Å². The highest BCUT2D eigenvalue weighted by molar-refractivity contribution is 5.77. The molecule has 2 fully saturated rings. The van der Waals surface area contributed by atoms with Crippen LogP contribution in [0.1, 0.15) is 51.9 Å². The van der Waals surface area contributed by atoms with Gasteiger partial charge in [0.15, 0.2) is 0 Å². The van der Waals surface area contributed by atoms with Crippen molar-refractivity contribution in [2.24, 2.45) is 11.7 Å². The fourth-order valence-electron chi connectivity index (χ4n) is 3.21. The van der Waals surface area contributed by atoms with Gasteiger partial charge < -0.3 is 15.8 Å². The van der Waals surface area contributed by atoms with E-state index < -0.39 is 0 Å². The Morgan fingerprint density at radius 3 is 2.61 bits per heavy atom. The maximum atomic E-state index is 12.0. The first-order valence-electron chi connectivity index (χ1n) is 7.25. The summed E-state index contributed by atoms with van der Waals surface area (Å²) in [5.41, 5.74) is 6.00. The van der Waals surface area contributed by atoms with Gasteiger partial charge in [0.2, 0.25) is 5.91 Å². The summed E-state index contributed by atoms with van der Waals surface area (Å²) in [6.07, 6.45) is 6.90. The Bertz CT molecular complexity index is 282. The second-order valence-corrected chi connectivity index (χ2v) is 6.05. The minimum atomic E-state index is -0.237. The van der Waals surface area contributed by atoms with Crippen molar-refractivity contribution >= 4 is 5.91 Å². The minimum absolute atomic E-state index is 0.124. The van der Waals surface area contributed by atoms with E-state index in [2.05, 4.69) is 12.2 Å². The van der Waals surface area contributed by atoms with Gasteiger partial charge in [-0.15, -0.1) is 0 Å². The van der Waals surface area contributed by atoms with Crippen molar-refractivity contribution in [2.75, 3.05) is 13.2 Å². The van der Waals surface area contributed by atoms with Gasteiger partial charge in [0.25, 0.3) is 0 Å². The molecule has 4 nitrogen and oxygen atoms in total. The van der Waals surface area contributed by atoms with Gasteiger partial charge in [-0.1, -0.05) is 12.8 Å². The van der Waals surface area contributed by atoms with Crippen molar-refractivity contribution in [1.29, 1.82) is 0 Å². The van der Waals surface area contributed by atoms with Crippen molar-refractivity contribution < 1.29 is 9.53 Å². The molecular weight excluding hydrogens is 228 g/mol. The Morgan fingerprint density at radius 2 is 2.00 bits per heavy atom. The Balaban J connectivity index is 1.75. The van der Waals surface area contributed by atoms with E-state index in [0.29, 0.717) is 12.3 Å². The first kappa shape index (κ1) is 13.8. The third kappa shape index (κ3) is 3.69. The minimum Gasteiger partial charge on any atom is -0.381 e. The summed E-state index contributed by atoms with van der Waals surface area (Å²) in [4.78, 5) is 12.0. The molecule has 0 bridgehead atoms. The van der Waals surface area contributed by atoms with Gasteiger partial charge in [0, 0.05) is 31.2 Å². The van der Waals surface area contributed by atoms with Crippen molar-refractivity contribution in [3.8, 4) is 0 Å². The number of nitrogens with one attached hydrogen (secondary N) is 1. The molecule has 0 aromatic heterocycles. The number of hydrogen-bond donors (Lipinski definition) is 2. The summed E-state index contributed by atoms with van der Waals surface area (Å²) in [5.74, 6) is 0.679. The van der Waals surface area contributed by atoms with Crippen LogP contribution in [0.25, 0.3) is 0 Å². The topological polar surface area (TPSA) is 64.4 Å². The van der Waals surface area contributed by atoms with Crippen LogP contribution >= 0.6 is 0 Å². The van der Waals surface area contributed by atoms with E-state index in [-0.39, 0.29) is 17.5 Å². The van der Waals surface area contributed by atoms with E-state index >= 15 is 0 Å². The molecule has 3 N–H and O–H groups in total. The number of nitrogens with two attached hydrogens (primary N) is 1. The molecule has 0 spiro atoms. The second kappa shape index (κ2) is 6.02. The fraction of sp³-hybridized carbons (Fsp3) is 0.929. The third-order valence-corrected chi connectivity index (χ3v) is 4.47. The first-order chi connectivity index (χ1) is 8.59. The van der Waals surface area contributed by atoms with Gasteiger partial charge in [-0.05, 0) is 38.5 Å². The highest BCUT2D eigenvalue weighted by atomic mass is 16.5. The van der Waals surface area contributed by atoms with Crippen molar-refractivity contribution in [3.05, 3.63) is 0 Å². The van der Waals surface area contributed by atoms with Gasteiger partial charge in [-0.3, -0.25) is 4.79 Å². The zero-order valence-corrected chi connectivity index (χ0v) is 11.4. The molecule has 1 amide bonds. The summed E-state index contributed by atoms with van der Waals surface area (Å²) >= 11 is 0. The van der Waals surface area contributed by atoms with Crippen LogP contribution in [0.3, 0.4) is 0 Å². The highest BCUT2D eigenvalue weighted by Crippen LogP contribution is 2.30. The number of hydrogen-bond acceptors (Lipinski definition) is 3. The Morgan fingerprint density at radius 1 is 1.39 bits per heavy atom. The van der Waals surface area contributed by atoms with Gasteiger partial charge in [0.05, 0.1) is 0 Å². The zero-order valence-electron chi connectivity index (χ0n) is 11.4. The quantitative estimate of drug-likeness (QED) is 0.800. The number of amides is 1. The smallest absolute Gasteiger partial charge is 0.222 e. The average Bonchev–Trinajstić information content (AvgIpc) is 2.76. The summed E-state index contributed by atoms with van der Waals surface area (Å²) in [6.45, 7) is 3.75. The number of carbonyl (C=O) groups is 1. The van der Waals surface area contributed by atoms with E-state index in [1.165, 1.54) is 12.8 Å². The first-order valence-corrected chi connectivity index (χ1v) is 7.25. The Labute approximate surface area is 110 Å². The molecule has 1 aliphatic heterocycles. The number of ether oxygens (including phenoxy) is 1. The molecule has 1 atom stereocenters. The Kier molecular flexibility index (Phi) is 4.62. The van der Waals surface area contributed by atoms with E-state index in [4.69, 9.17) is 10.5 Å². The molecule has 18 heavy (non-hydrogen) atoms. The normalized spacial score (nSPS) is 25.9. The van der Waals surface area contributed by atoms with Gasteiger partial charge in [0.1, 0.15) is 0 Å². The second-order valence-electron chi connectivity index (χ2n) is 6.05. The number of rotatable bonds is 4. The summed E-state index contributed by atoms with van der Waals surface area (Å²) in [5, 5.41) is 3.13. The lowest BCUT2D eigenvalue weighted by Gasteiger charge is -2.30. The van der Waals surface area contributed by atoms with E-state index in [1.807, 2.05) is 0 Å². The molecule has 0 radical (unpaired) electrons. The van der Waals surface area contributed by atoms with Crippen LogP contribution in [-0.2, 0) is 9.53 Å². The molecule has 0 aromatic carbocycles. The largest absolute Gasteiger partial charge is 0.381 e. The SMILES string of the molecule is CC(NC(=O)CC1(N)CCCC1)C1CCOCC1. The number of carbonyl (C=O) groups excluding carboxylic acids is 1. The lowest BCUT2D eigenvalue weighted by Crippen LogP contribution is -2.46. The lowest BCUT2D eigenvalue weighted by atomic mass is 9.91. The van der Waals surface area contributed by atoms with Crippen LogP contribution in [0.5, 0.6) is 0 Å².